The molecule has 1 saturated carbocycles. The summed E-state index contributed by atoms with van der Waals surface area (Å²) in [6.07, 6.45) is 0. The van der Waals surface area contributed by atoms with Gasteiger partial charge in [-0.1, -0.05) is 46.8 Å². The first kappa shape index (κ1) is 26.9. The Morgan fingerprint density at radius 1 is 1.19 bits per heavy atom. The molecule has 9 heteroatoms. The lowest BCUT2D eigenvalue weighted by atomic mass is 9.84. The standard InChI is InChI=1S/C28H38N4O5/c1-14-9-8-10-18-16(14)11-19(30-18)24(35)29-15(2)26(37)32-12-17-21(28(17,6)7)22(32)25(36)31-23(20(34)13-33)27(3,4)5/h8-11,15,17,21-23,30,33H,12-13H2,1-7H3,(H,29,35)(H,31,36)/t15-,17-,21-,22-,23+/m0/s1. The number of aromatic amines is 1. The second-order valence-corrected chi connectivity index (χ2v) is 12.2. The number of hydrogen-bond acceptors (Lipinski definition) is 5. The lowest BCUT2D eigenvalue weighted by molar-refractivity contribution is -0.143. The minimum absolute atomic E-state index is 0.0409. The number of aromatic nitrogens is 1. The molecule has 0 radical (unpaired) electrons. The third kappa shape index (κ3) is 4.77. The Morgan fingerprint density at radius 3 is 2.46 bits per heavy atom. The van der Waals surface area contributed by atoms with Crippen LogP contribution in [-0.2, 0) is 14.4 Å². The molecule has 0 bridgehead atoms. The number of hydrogen-bond donors (Lipinski definition) is 4. The van der Waals surface area contributed by atoms with Gasteiger partial charge in [-0.3, -0.25) is 19.2 Å². The van der Waals surface area contributed by atoms with E-state index in [2.05, 4.69) is 29.5 Å². The minimum Gasteiger partial charge on any atom is -0.389 e. The van der Waals surface area contributed by atoms with Gasteiger partial charge in [-0.05, 0) is 54.2 Å². The first-order valence-electron chi connectivity index (χ1n) is 12.8. The van der Waals surface area contributed by atoms with Crippen molar-refractivity contribution in [2.24, 2.45) is 22.7 Å². The predicted octanol–water partition coefficient (Wildman–Crippen LogP) is 2.17. The highest BCUT2D eigenvalue weighted by Crippen LogP contribution is 2.64. The fourth-order valence-electron chi connectivity index (χ4n) is 5.93. The van der Waals surface area contributed by atoms with E-state index in [4.69, 9.17) is 0 Å². The fraction of sp³-hybridized carbons (Fsp3) is 0.571. The molecule has 5 atom stereocenters. The van der Waals surface area contributed by atoms with Crippen LogP contribution in [0.4, 0.5) is 0 Å². The molecule has 9 nitrogen and oxygen atoms in total. The molecule has 3 amide bonds. The van der Waals surface area contributed by atoms with Crippen molar-refractivity contribution < 1.29 is 24.3 Å². The van der Waals surface area contributed by atoms with Gasteiger partial charge in [0.15, 0.2) is 5.78 Å². The molecule has 1 aliphatic heterocycles. The van der Waals surface area contributed by atoms with Crippen LogP contribution in [0.15, 0.2) is 24.3 Å². The van der Waals surface area contributed by atoms with Crippen LogP contribution in [0, 0.1) is 29.6 Å². The molecule has 0 spiro atoms. The van der Waals surface area contributed by atoms with Crippen LogP contribution in [0.5, 0.6) is 0 Å². The first-order valence-corrected chi connectivity index (χ1v) is 12.8. The number of benzene rings is 1. The number of amides is 3. The summed E-state index contributed by atoms with van der Waals surface area (Å²) in [6, 6.07) is 5.05. The molecule has 37 heavy (non-hydrogen) atoms. The Bertz CT molecular complexity index is 1260. The lowest BCUT2D eigenvalue weighted by Gasteiger charge is -2.35. The summed E-state index contributed by atoms with van der Waals surface area (Å²) in [7, 11) is 0. The number of H-pyrrole nitrogens is 1. The Hall–Kier alpha value is -3.20. The Labute approximate surface area is 217 Å². The summed E-state index contributed by atoms with van der Waals surface area (Å²) in [5, 5.41) is 16.0. The van der Waals surface area contributed by atoms with Gasteiger partial charge in [0, 0.05) is 17.4 Å². The van der Waals surface area contributed by atoms with Crippen molar-refractivity contribution in [3.8, 4) is 0 Å². The second-order valence-electron chi connectivity index (χ2n) is 12.2. The van der Waals surface area contributed by atoms with Gasteiger partial charge >= 0.3 is 0 Å². The number of Topliss-reactive ketones (excluding diaryl/α,β-unsaturated/α-hetero) is 1. The van der Waals surface area contributed by atoms with Crippen LogP contribution in [0.1, 0.15) is 57.6 Å². The average Bonchev–Trinajstić information content (AvgIpc) is 3.22. The molecule has 1 saturated heterocycles. The number of nitrogens with one attached hydrogen (secondary N) is 3. The highest BCUT2D eigenvalue weighted by Gasteiger charge is 2.69. The van der Waals surface area contributed by atoms with Crippen LogP contribution >= 0.6 is 0 Å². The normalized spacial score (nSPS) is 23.8. The molecule has 2 fully saturated rings. The molecule has 1 aromatic carbocycles. The summed E-state index contributed by atoms with van der Waals surface area (Å²) in [5.74, 6) is -1.50. The fourth-order valence-corrected chi connectivity index (χ4v) is 5.93. The van der Waals surface area contributed by atoms with Crippen LogP contribution in [-0.4, -0.2) is 69.8 Å². The SMILES string of the molecule is Cc1cccc2[nH]c(C(=O)N[C@@H](C)C(=O)N3C[C@H]4[C@@H]([C@H]3C(=O)N[C@H](C(=O)CO)C(C)(C)C)C4(C)C)cc12. The number of aryl methyl sites for hydroxylation is 1. The maximum atomic E-state index is 13.5. The summed E-state index contributed by atoms with van der Waals surface area (Å²) in [4.78, 5) is 57.0. The van der Waals surface area contributed by atoms with E-state index in [1.165, 1.54) is 0 Å². The van der Waals surface area contributed by atoms with Gasteiger partial charge in [0.25, 0.3) is 5.91 Å². The van der Waals surface area contributed by atoms with Gasteiger partial charge in [0.2, 0.25) is 11.8 Å². The van der Waals surface area contributed by atoms with Crippen molar-refractivity contribution in [3.05, 3.63) is 35.5 Å². The molecule has 0 unspecified atom stereocenters. The summed E-state index contributed by atoms with van der Waals surface area (Å²) in [6.45, 7) is 12.9. The molecule has 4 N–H and O–H groups in total. The van der Waals surface area contributed by atoms with Gasteiger partial charge in [0.1, 0.15) is 24.4 Å². The topological polar surface area (TPSA) is 132 Å². The number of likely N-dealkylation sites (tertiary alicyclic amines) is 1. The van der Waals surface area contributed by atoms with E-state index >= 15 is 0 Å². The molecule has 4 rings (SSSR count). The van der Waals surface area contributed by atoms with Crippen LogP contribution in [0.3, 0.4) is 0 Å². The highest BCUT2D eigenvalue weighted by atomic mass is 16.3. The van der Waals surface area contributed by atoms with E-state index in [1.807, 2.05) is 45.9 Å². The van der Waals surface area contributed by atoms with Crippen molar-refractivity contribution in [2.45, 2.75) is 66.6 Å². The molecule has 2 heterocycles. The molecule has 200 valence electrons. The number of nitrogens with zero attached hydrogens (tertiary/aromatic N) is 1. The monoisotopic (exact) mass is 510 g/mol. The minimum atomic E-state index is -0.884. The number of carbonyl (C=O) groups excluding carboxylic acids is 4. The van der Waals surface area contributed by atoms with Crippen molar-refractivity contribution in [3.63, 3.8) is 0 Å². The van der Waals surface area contributed by atoms with E-state index in [9.17, 15) is 24.3 Å². The zero-order chi connectivity index (χ0) is 27.4. The van der Waals surface area contributed by atoms with E-state index < -0.39 is 47.7 Å². The van der Waals surface area contributed by atoms with E-state index in [0.29, 0.717) is 12.2 Å². The highest BCUT2D eigenvalue weighted by molar-refractivity contribution is 6.01. The van der Waals surface area contributed by atoms with Gasteiger partial charge in [-0.15, -0.1) is 0 Å². The smallest absolute Gasteiger partial charge is 0.268 e. The number of carbonyl (C=O) groups is 4. The molecule has 2 aromatic rings. The van der Waals surface area contributed by atoms with Gasteiger partial charge in [-0.2, -0.15) is 0 Å². The summed E-state index contributed by atoms with van der Waals surface area (Å²) < 4.78 is 0. The quantitative estimate of drug-likeness (QED) is 0.453. The van der Waals surface area contributed by atoms with Crippen molar-refractivity contribution in [2.75, 3.05) is 13.2 Å². The Balaban J connectivity index is 1.51. The van der Waals surface area contributed by atoms with E-state index in [-0.39, 0.29) is 23.2 Å². The number of aliphatic hydroxyl groups is 1. The maximum absolute atomic E-state index is 13.5. The van der Waals surface area contributed by atoms with E-state index in [0.717, 1.165) is 16.5 Å². The average molecular weight is 511 g/mol. The van der Waals surface area contributed by atoms with Crippen LogP contribution in [0.2, 0.25) is 0 Å². The van der Waals surface area contributed by atoms with E-state index in [1.54, 1.807) is 17.9 Å². The number of fused-ring (bicyclic) bond motifs is 2. The Morgan fingerprint density at radius 2 is 1.86 bits per heavy atom. The number of piperidine rings is 1. The van der Waals surface area contributed by atoms with Crippen molar-refractivity contribution in [1.82, 2.24) is 20.5 Å². The van der Waals surface area contributed by atoms with Gasteiger partial charge < -0.3 is 25.6 Å². The predicted molar refractivity (Wildman–Crippen MR) is 140 cm³/mol. The first-order chi connectivity index (χ1) is 17.2. The van der Waals surface area contributed by atoms with Crippen molar-refractivity contribution >= 4 is 34.4 Å². The number of rotatable bonds is 7. The Kier molecular flexibility index (Phi) is 6.73. The molecule has 1 aromatic heterocycles. The molecule has 2 aliphatic rings. The third-order valence-electron chi connectivity index (χ3n) is 8.24. The number of ketones is 1. The number of aliphatic hydroxyl groups excluding tert-OH is 1. The lowest BCUT2D eigenvalue weighted by Crippen LogP contribution is -2.59. The van der Waals surface area contributed by atoms with Crippen LogP contribution in [0.25, 0.3) is 10.9 Å². The van der Waals surface area contributed by atoms with Gasteiger partial charge in [-0.25, -0.2) is 0 Å². The zero-order valence-corrected chi connectivity index (χ0v) is 22.6. The van der Waals surface area contributed by atoms with Crippen LogP contribution < -0.4 is 10.6 Å². The maximum Gasteiger partial charge on any atom is 0.268 e. The van der Waals surface area contributed by atoms with Gasteiger partial charge in [0.05, 0.1) is 6.04 Å². The van der Waals surface area contributed by atoms with Crippen molar-refractivity contribution in [1.29, 1.82) is 0 Å². The zero-order valence-electron chi connectivity index (χ0n) is 22.6. The summed E-state index contributed by atoms with van der Waals surface area (Å²) in [5.41, 5.74) is 1.53. The largest absolute Gasteiger partial charge is 0.389 e. The molecule has 1 aliphatic carbocycles. The molecular weight excluding hydrogens is 472 g/mol. The summed E-state index contributed by atoms with van der Waals surface area (Å²) >= 11 is 0. The third-order valence-corrected chi connectivity index (χ3v) is 8.24. The second kappa shape index (κ2) is 9.28. The molecular formula is C28H38N4O5.